The third-order valence-corrected chi connectivity index (χ3v) is 4.95. The van der Waals surface area contributed by atoms with E-state index in [9.17, 15) is 4.79 Å². The van der Waals surface area contributed by atoms with Crippen LogP contribution in [0.4, 0.5) is 0 Å². The minimum atomic E-state index is 0.0950. The number of hydrogen-bond acceptors (Lipinski definition) is 2. The number of carbonyl (C=O) groups is 1. The van der Waals surface area contributed by atoms with Crippen LogP contribution < -0.4 is 5.32 Å². The van der Waals surface area contributed by atoms with E-state index >= 15 is 0 Å². The summed E-state index contributed by atoms with van der Waals surface area (Å²) < 4.78 is 0. The molecule has 3 nitrogen and oxygen atoms in total. The molecule has 0 bridgehead atoms. The summed E-state index contributed by atoms with van der Waals surface area (Å²) in [6.45, 7) is 6.41. The van der Waals surface area contributed by atoms with Gasteiger partial charge in [-0.15, -0.1) is 0 Å². The van der Waals surface area contributed by atoms with Gasteiger partial charge in [-0.05, 0) is 57.4 Å². The number of piperidine rings is 1. The summed E-state index contributed by atoms with van der Waals surface area (Å²) in [5, 5.41) is 3.42. The maximum absolute atomic E-state index is 12.5. The summed E-state index contributed by atoms with van der Waals surface area (Å²) in [7, 11) is 0. The van der Waals surface area contributed by atoms with Crippen LogP contribution >= 0.6 is 0 Å². The lowest BCUT2D eigenvalue weighted by Crippen LogP contribution is -2.54. The van der Waals surface area contributed by atoms with E-state index in [2.05, 4.69) is 24.1 Å². The maximum Gasteiger partial charge on any atom is 0.239 e. The Morgan fingerprint density at radius 2 is 1.89 bits per heavy atom. The topological polar surface area (TPSA) is 32.3 Å². The fraction of sp³-hybridized carbons (Fsp3) is 0.938. The highest BCUT2D eigenvalue weighted by atomic mass is 16.2. The predicted molar refractivity (Wildman–Crippen MR) is 79.1 cm³/mol. The minimum Gasteiger partial charge on any atom is -0.338 e. The zero-order chi connectivity index (χ0) is 13.7. The quantitative estimate of drug-likeness (QED) is 0.830. The number of amides is 1. The molecule has 1 amide bonds. The lowest BCUT2D eigenvalue weighted by Gasteiger charge is -2.41. The third kappa shape index (κ3) is 3.71. The van der Waals surface area contributed by atoms with Crippen molar-refractivity contribution >= 4 is 5.91 Å². The Bertz CT molecular complexity index is 284. The Balaban J connectivity index is 1.87. The Kier molecular flexibility index (Phi) is 5.68. The molecule has 0 radical (unpaired) electrons. The first-order chi connectivity index (χ1) is 9.26. The Morgan fingerprint density at radius 1 is 1.16 bits per heavy atom. The van der Waals surface area contributed by atoms with Gasteiger partial charge in [0.15, 0.2) is 0 Å². The van der Waals surface area contributed by atoms with E-state index in [1.165, 1.54) is 38.5 Å². The van der Waals surface area contributed by atoms with E-state index < -0.39 is 0 Å². The van der Waals surface area contributed by atoms with E-state index in [0.29, 0.717) is 11.9 Å². The molecule has 0 aromatic rings. The van der Waals surface area contributed by atoms with Crippen molar-refractivity contribution in [3.63, 3.8) is 0 Å². The first-order valence-corrected chi connectivity index (χ1v) is 8.30. The average molecular weight is 266 g/mol. The molecule has 1 unspecified atom stereocenters. The van der Waals surface area contributed by atoms with Crippen molar-refractivity contribution in [2.75, 3.05) is 13.1 Å². The molecule has 0 aromatic carbocycles. The molecule has 110 valence electrons. The van der Waals surface area contributed by atoms with Crippen LogP contribution in [0.15, 0.2) is 0 Å². The van der Waals surface area contributed by atoms with Crippen molar-refractivity contribution < 1.29 is 4.79 Å². The number of carbonyl (C=O) groups excluding carboxylic acids is 1. The minimum absolute atomic E-state index is 0.0950. The summed E-state index contributed by atoms with van der Waals surface area (Å²) in [6, 6.07) is 0.624. The third-order valence-electron chi connectivity index (χ3n) is 4.95. The second-order valence-corrected chi connectivity index (χ2v) is 6.26. The summed E-state index contributed by atoms with van der Waals surface area (Å²) in [5.74, 6) is 1.28. The first kappa shape index (κ1) is 14.8. The standard InChI is InChI=1S/C16H30N2O/c1-3-11-17-15-6-5-12-18(16(15)19)14-9-7-13(4-2)8-10-14/h13-15,17H,3-12H2,1-2H3. The van der Waals surface area contributed by atoms with Crippen LogP contribution in [0.3, 0.4) is 0 Å². The largest absolute Gasteiger partial charge is 0.338 e. The normalized spacial score (nSPS) is 32.6. The summed E-state index contributed by atoms with van der Waals surface area (Å²) in [4.78, 5) is 14.7. The van der Waals surface area contributed by atoms with Crippen LogP contribution in [0.5, 0.6) is 0 Å². The first-order valence-electron chi connectivity index (χ1n) is 8.30. The molecular weight excluding hydrogens is 236 g/mol. The summed E-state index contributed by atoms with van der Waals surface area (Å²) in [6.07, 6.45) is 9.69. The number of nitrogens with one attached hydrogen (secondary N) is 1. The molecule has 1 aliphatic heterocycles. The fourth-order valence-corrected chi connectivity index (χ4v) is 3.63. The molecule has 1 aliphatic carbocycles. The van der Waals surface area contributed by atoms with E-state index in [1.54, 1.807) is 0 Å². The SMILES string of the molecule is CCCNC1CCCN(C2CCC(CC)CC2)C1=O. The molecule has 1 atom stereocenters. The summed E-state index contributed by atoms with van der Waals surface area (Å²) in [5.41, 5.74) is 0. The van der Waals surface area contributed by atoms with Gasteiger partial charge in [0.05, 0.1) is 6.04 Å². The number of nitrogens with zero attached hydrogens (tertiary/aromatic N) is 1. The fourth-order valence-electron chi connectivity index (χ4n) is 3.63. The van der Waals surface area contributed by atoms with Gasteiger partial charge in [0.2, 0.25) is 5.91 Å². The molecule has 1 saturated heterocycles. The Labute approximate surface area is 118 Å². The van der Waals surface area contributed by atoms with E-state index in [-0.39, 0.29) is 6.04 Å². The highest BCUT2D eigenvalue weighted by Gasteiger charge is 2.34. The number of rotatable bonds is 5. The number of likely N-dealkylation sites (tertiary alicyclic amines) is 1. The molecule has 1 N–H and O–H groups in total. The summed E-state index contributed by atoms with van der Waals surface area (Å²) >= 11 is 0. The van der Waals surface area contributed by atoms with Crippen molar-refractivity contribution in [1.82, 2.24) is 10.2 Å². The lowest BCUT2D eigenvalue weighted by molar-refractivity contribution is -0.139. The highest BCUT2D eigenvalue weighted by molar-refractivity contribution is 5.82. The van der Waals surface area contributed by atoms with Crippen LogP contribution in [0.25, 0.3) is 0 Å². The van der Waals surface area contributed by atoms with Gasteiger partial charge in [-0.1, -0.05) is 20.3 Å². The number of hydrogen-bond donors (Lipinski definition) is 1. The Hall–Kier alpha value is -0.570. The van der Waals surface area contributed by atoms with Crippen LogP contribution in [0.1, 0.15) is 65.2 Å². The molecule has 0 spiro atoms. The predicted octanol–water partition coefficient (Wildman–Crippen LogP) is 2.95. The van der Waals surface area contributed by atoms with E-state index in [0.717, 1.165) is 31.8 Å². The second kappa shape index (κ2) is 7.28. The van der Waals surface area contributed by atoms with Crippen molar-refractivity contribution in [3.8, 4) is 0 Å². The van der Waals surface area contributed by atoms with Gasteiger partial charge in [-0.25, -0.2) is 0 Å². The molecule has 0 aromatic heterocycles. The Morgan fingerprint density at radius 3 is 2.53 bits per heavy atom. The monoisotopic (exact) mass is 266 g/mol. The van der Waals surface area contributed by atoms with E-state index in [1.807, 2.05) is 0 Å². The van der Waals surface area contributed by atoms with Crippen LogP contribution in [0, 0.1) is 5.92 Å². The lowest BCUT2D eigenvalue weighted by atomic mass is 9.83. The average Bonchev–Trinajstić information content (AvgIpc) is 2.46. The van der Waals surface area contributed by atoms with Crippen LogP contribution in [0.2, 0.25) is 0 Å². The van der Waals surface area contributed by atoms with Crippen molar-refractivity contribution in [1.29, 1.82) is 0 Å². The molecule has 3 heteroatoms. The van der Waals surface area contributed by atoms with Gasteiger partial charge in [0, 0.05) is 12.6 Å². The van der Waals surface area contributed by atoms with Crippen LogP contribution in [-0.4, -0.2) is 36.0 Å². The van der Waals surface area contributed by atoms with Crippen molar-refractivity contribution in [3.05, 3.63) is 0 Å². The van der Waals surface area contributed by atoms with Gasteiger partial charge >= 0.3 is 0 Å². The van der Waals surface area contributed by atoms with Crippen molar-refractivity contribution in [2.24, 2.45) is 5.92 Å². The molecule has 2 aliphatic rings. The van der Waals surface area contributed by atoms with Gasteiger partial charge < -0.3 is 10.2 Å². The van der Waals surface area contributed by atoms with Gasteiger partial charge in [-0.2, -0.15) is 0 Å². The molecule has 19 heavy (non-hydrogen) atoms. The van der Waals surface area contributed by atoms with Crippen molar-refractivity contribution in [2.45, 2.75) is 77.3 Å². The van der Waals surface area contributed by atoms with Gasteiger partial charge in [-0.3, -0.25) is 4.79 Å². The van der Waals surface area contributed by atoms with E-state index in [4.69, 9.17) is 0 Å². The van der Waals surface area contributed by atoms with Gasteiger partial charge in [0.25, 0.3) is 0 Å². The molecule has 1 saturated carbocycles. The zero-order valence-electron chi connectivity index (χ0n) is 12.7. The van der Waals surface area contributed by atoms with Crippen LogP contribution in [-0.2, 0) is 4.79 Å². The molecule has 2 rings (SSSR count). The second-order valence-electron chi connectivity index (χ2n) is 6.26. The highest BCUT2D eigenvalue weighted by Crippen LogP contribution is 2.31. The molecular formula is C16H30N2O. The zero-order valence-corrected chi connectivity index (χ0v) is 12.7. The maximum atomic E-state index is 12.5. The van der Waals surface area contributed by atoms with Gasteiger partial charge in [0.1, 0.15) is 0 Å². The smallest absolute Gasteiger partial charge is 0.239 e. The molecule has 2 fully saturated rings. The molecule has 1 heterocycles.